The molecule has 76 valence electrons. The highest BCUT2D eigenvalue weighted by Crippen LogP contribution is 2.09. The Bertz CT molecular complexity index is 589. The van der Waals surface area contributed by atoms with Gasteiger partial charge in [-0.25, -0.2) is 9.95 Å². The van der Waals surface area contributed by atoms with Gasteiger partial charge >= 0.3 is 5.63 Å². The summed E-state index contributed by atoms with van der Waals surface area (Å²) in [6.07, 6.45) is 1.64. The monoisotopic (exact) mass is 203 g/mol. The van der Waals surface area contributed by atoms with Gasteiger partial charge in [0.2, 0.25) is 0 Å². The van der Waals surface area contributed by atoms with Gasteiger partial charge in [0.25, 0.3) is 0 Å². The Labute approximate surface area is 84.8 Å². The molecule has 0 unspecified atom stereocenters. The van der Waals surface area contributed by atoms with Crippen LogP contribution in [0, 0.1) is 0 Å². The first-order chi connectivity index (χ1) is 7.16. The lowest BCUT2D eigenvalue weighted by Gasteiger charge is -1.91. The minimum atomic E-state index is -0.451. The maximum absolute atomic E-state index is 11.2. The van der Waals surface area contributed by atoms with Gasteiger partial charge in [-0.05, 0) is 23.8 Å². The van der Waals surface area contributed by atoms with Crippen LogP contribution in [0.25, 0.3) is 12.7 Å². The molecule has 0 aliphatic rings. The van der Waals surface area contributed by atoms with Gasteiger partial charge in [0, 0.05) is 0 Å². The summed E-state index contributed by atoms with van der Waals surface area (Å²) in [4.78, 5) is 11.2. The third-order valence-corrected chi connectivity index (χ3v) is 2.02. The van der Waals surface area contributed by atoms with Crippen molar-refractivity contribution in [2.75, 3.05) is 0 Å². The van der Waals surface area contributed by atoms with Crippen molar-refractivity contribution in [2.45, 2.75) is 0 Å². The van der Waals surface area contributed by atoms with Crippen LogP contribution >= 0.6 is 0 Å². The summed E-state index contributed by atoms with van der Waals surface area (Å²) in [7, 11) is 0. The molecule has 0 bridgehead atoms. The maximum atomic E-state index is 11.2. The van der Waals surface area contributed by atoms with Crippen LogP contribution in [0.5, 0.6) is 5.75 Å². The SMILES string of the molecule is C=c1[nH]oc(=O)c1=Cc1ccc(O)cc1. The summed E-state index contributed by atoms with van der Waals surface area (Å²) in [5, 5.41) is 12.3. The fourth-order valence-corrected chi connectivity index (χ4v) is 1.22. The molecule has 0 spiro atoms. The number of aromatic nitrogens is 1. The van der Waals surface area contributed by atoms with Gasteiger partial charge in [-0.3, -0.25) is 0 Å². The summed E-state index contributed by atoms with van der Waals surface area (Å²) in [6, 6.07) is 6.48. The summed E-state index contributed by atoms with van der Waals surface area (Å²) < 4.78 is 4.57. The van der Waals surface area contributed by atoms with Crippen molar-refractivity contribution < 1.29 is 9.63 Å². The average Bonchev–Trinajstić information content (AvgIpc) is 2.53. The number of H-pyrrole nitrogens is 1. The minimum absolute atomic E-state index is 0.183. The predicted molar refractivity (Wildman–Crippen MR) is 55.8 cm³/mol. The van der Waals surface area contributed by atoms with E-state index in [1.54, 1.807) is 30.3 Å². The van der Waals surface area contributed by atoms with E-state index in [1.807, 2.05) is 0 Å². The standard InChI is InChI=1S/C11H9NO3/c1-7-10(11(14)15-12-7)6-8-2-4-9(13)5-3-8/h2-6,12-13H,1H2. The quantitative estimate of drug-likeness (QED) is 0.680. The third kappa shape index (κ3) is 1.83. The van der Waals surface area contributed by atoms with E-state index in [0.29, 0.717) is 10.6 Å². The molecular formula is C11H9NO3. The van der Waals surface area contributed by atoms with Crippen LogP contribution < -0.4 is 16.2 Å². The Morgan fingerprint density at radius 1 is 1.33 bits per heavy atom. The van der Waals surface area contributed by atoms with Crippen LogP contribution in [-0.2, 0) is 0 Å². The first-order valence-corrected chi connectivity index (χ1v) is 4.34. The van der Waals surface area contributed by atoms with Crippen molar-refractivity contribution in [3.8, 4) is 5.75 Å². The second-order valence-electron chi connectivity index (χ2n) is 3.12. The number of aromatic hydroxyl groups is 1. The molecule has 4 heteroatoms. The molecule has 15 heavy (non-hydrogen) atoms. The van der Waals surface area contributed by atoms with E-state index in [2.05, 4.69) is 16.3 Å². The first kappa shape index (κ1) is 9.33. The zero-order valence-corrected chi connectivity index (χ0v) is 7.86. The Morgan fingerprint density at radius 3 is 2.53 bits per heavy atom. The number of hydrogen-bond donors (Lipinski definition) is 2. The second kappa shape index (κ2) is 3.49. The van der Waals surface area contributed by atoms with Gasteiger partial charge in [-0.1, -0.05) is 18.7 Å². The van der Waals surface area contributed by atoms with Gasteiger partial charge in [0.1, 0.15) is 5.75 Å². The molecule has 0 fully saturated rings. The molecule has 0 atom stereocenters. The van der Waals surface area contributed by atoms with E-state index >= 15 is 0 Å². The van der Waals surface area contributed by atoms with Crippen LogP contribution in [0.2, 0.25) is 0 Å². The molecule has 1 heterocycles. The van der Waals surface area contributed by atoms with E-state index < -0.39 is 5.63 Å². The van der Waals surface area contributed by atoms with Crippen LogP contribution in [0.4, 0.5) is 0 Å². The van der Waals surface area contributed by atoms with Gasteiger partial charge in [-0.2, -0.15) is 0 Å². The molecular weight excluding hydrogens is 194 g/mol. The van der Waals surface area contributed by atoms with Crippen LogP contribution in [0.15, 0.2) is 33.6 Å². The van der Waals surface area contributed by atoms with E-state index in [9.17, 15) is 4.79 Å². The van der Waals surface area contributed by atoms with E-state index in [1.165, 1.54) is 0 Å². The predicted octanol–water partition coefficient (Wildman–Crippen LogP) is -0.0874. The lowest BCUT2D eigenvalue weighted by Crippen LogP contribution is -2.31. The third-order valence-electron chi connectivity index (χ3n) is 2.02. The lowest BCUT2D eigenvalue weighted by molar-refractivity contribution is 0.386. The van der Waals surface area contributed by atoms with Crippen molar-refractivity contribution in [3.63, 3.8) is 0 Å². The molecule has 0 radical (unpaired) electrons. The van der Waals surface area contributed by atoms with Crippen molar-refractivity contribution in [3.05, 3.63) is 50.8 Å². The fraction of sp³-hybridized carbons (Fsp3) is 0. The topological polar surface area (TPSA) is 66.2 Å². The number of benzene rings is 1. The molecule has 0 aliphatic heterocycles. The Hall–Kier alpha value is -2.23. The maximum Gasteiger partial charge on any atom is 0.365 e. The molecule has 0 amide bonds. The summed E-state index contributed by atoms with van der Waals surface area (Å²) in [5.74, 6) is 0.183. The second-order valence-corrected chi connectivity index (χ2v) is 3.12. The van der Waals surface area contributed by atoms with Crippen LogP contribution in [0.3, 0.4) is 0 Å². The fourth-order valence-electron chi connectivity index (χ4n) is 1.22. The Kier molecular flexibility index (Phi) is 2.17. The summed E-state index contributed by atoms with van der Waals surface area (Å²) in [6.45, 7) is 3.63. The minimum Gasteiger partial charge on any atom is -0.508 e. The van der Waals surface area contributed by atoms with Gasteiger partial charge in [0.15, 0.2) is 0 Å². The number of phenols is 1. The van der Waals surface area contributed by atoms with Crippen molar-refractivity contribution in [1.82, 2.24) is 5.16 Å². The summed E-state index contributed by atoms with van der Waals surface area (Å²) >= 11 is 0. The first-order valence-electron chi connectivity index (χ1n) is 4.34. The Balaban J connectivity index is 2.61. The highest BCUT2D eigenvalue weighted by atomic mass is 16.5. The molecule has 0 aliphatic carbocycles. The molecule has 2 rings (SSSR count). The van der Waals surface area contributed by atoms with Crippen LogP contribution in [-0.4, -0.2) is 10.3 Å². The smallest absolute Gasteiger partial charge is 0.365 e. The van der Waals surface area contributed by atoms with Crippen molar-refractivity contribution in [1.29, 1.82) is 0 Å². The molecule has 2 N–H and O–H groups in total. The lowest BCUT2D eigenvalue weighted by atomic mass is 10.2. The zero-order valence-electron chi connectivity index (χ0n) is 7.86. The Morgan fingerprint density at radius 2 is 2.00 bits per heavy atom. The number of phenolic OH excluding ortho intramolecular Hbond substituents is 1. The average molecular weight is 203 g/mol. The molecule has 0 saturated heterocycles. The van der Waals surface area contributed by atoms with Gasteiger partial charge < -0.3 is 9.63 Å². The summed E-state index contributed by atoms with van der Waals surface area (Å²) in [5.41, 5.74) is 0.345. The van der Waals surface area contributed by atoms with Crippen LogP contribution in [0.1, 0.15) is 5.56 Å². The van der Waals surface area contributed by atoms with E-state index in [-0.39, 0.29) is 5.75 Å². The van der Waals surface area contributed by atoms with Gasteiger partial charge in [0.05, 0.1) is 10.6 Å². The van der Waals surface area contributed by atoms with Gasteiger partial charge in [-0.15, -0.1) is 0 Å². The van der Waals surface area contributed by atoms with Crippen molar-refractivity contribution >= 4 is 12.7 Å². The number of aromatic amines is 1. The number of nitrogens with one attached hydrogen (secondary N) is 1. The molecule has 1 aromatic carbocycles. The highest BCUT2D eigenvalue weighted by molar-refractivity contribution is 5.50. The number of hydrogen-bond acceptors (Lipinski definition) is 3. The largest absolute Gasteiger partial charge is 0.508 e. The molecule has 4 nitrogen and oxygen atoms in total. The zero-order chi connectivity index (χ0) is 10.8. The van der Waals surface area contributed by atoms with Crippen molar-refractivity contribution in [2.24, 2.45) is 0 Å². The number of rotatable bonds is 1. The van der Waals surface area contributed by atoms with E-state index in [0.717, 1.165) is 5.56 Å². The van der Waals surface area contributed by atoms with E-state index in [4.69, 9.17) is 5.11 Å². The highest BCUT2D eigenvalue weighted by Gasteiger charge is 1.95. The molecule has 2 aromatic rings. The normalized spacial score (nSPS) is 11.9. The molecule has 0 saturated carbocycles. The molecule has 1 aromatic heterocycles.